The molecule has 2 aromatic carbocycles. The van der Waals surface area contributed by atoms with Crippen molar-refractivity contribution in [3.63, 3.8) is 0 Å². The van der Waals surface area contributed by atoms with Gasteiger partial charge in [-0.05, 0) is 30.7 Å². The van der Waals surface area contributed by atoms with Crippen LogP contribution >= 0.6 is 0 Å². The first-order chi connectivity index (χ1) is 13.0. The van der Waals surface area contributed by atoms with Gasteiger partial charge in [0.05, 0.1) is 17.1 Å². The van der Waals surface area contributed by atoms with Crippen molar-refractivity contribution in [2.24, 2.45) is 7.05 Å². The second-order valence-corrected chi connectivity index (χ2v) is 7.49. The minimum absolute atomic E-state index is 0.402. The fraction of sp³-hybridized carbons (Fsp3) is 0.217. The zero-order chi connectivity index (χ0) is 18.7. The summed E-state index contributed by atoms with van der Waals surface area (Å²) in [7, 11) is 2.06. The van der Waals surface area contributed by atoms with Crippen LogP contribution in [0.1, 0.15) is 31.0 Å². The van der Waals surface area contributed by atoms with Crippen molar-refractivity contribution < 1.29 is 13.4 Å². The Morgan fingerprint density at radius 2 is 1.78 bits per heavy atom. The maximum Gasteiger partial charge on any atom is 0.299 e. The van der Waals surface area contributed by atoms with Crippen molar-refractivity contribution in [2.75, 3.05) is 0 Å². The second-order valence-electron chi connectivity index (χ2n) is 7.49. The average Bonchev–Trinajstić information content (AvgIpc) is 3.16. The zero-order valence-electron chi connectivity index (χ0n) is 15.9. The van der Waals surface area contributed by atoms with E-state index >= 15 is 0 Å². The molecule has 0 fully saturated rings. The molecule has 3 heterocycles. The van der Waals surface area contributed by atoms with Gasteiger partial charge in [-0.1, -0.05) is 32.0 Å². The minimum atomic E-state index is 0.402. The van der Waals surface area contributed by atoms with Crippen LogP contribution in [0, 0.1) is 6.92 Å². The summed E-state index contributed by atoms with van der Waals surface area (Å²) in [6.45, 7) is 6.44. The predicted octanol–water partition coefficient (Wildman–Crippen LogP) is 5.65. The lowest BCUT2D eigenvalue weighted by Crippen LogP contribution is -2.32. The highest BCUT2D eigenvalue weighted by molar-refractivity contribution is 6.17. The van der Waals surface area contributed by atoms with Crippen molar-refractivity contribution in [1.82, 2.24) is 4.98 Å². The molecule has 0 spiro atoms. The van der Waals surface area contributed by atoms with Gasteiger partial charge in [0, 0.05) is 16.7 Å². The maximum absolute atomic E-state index is 6.06. The number of furan rings is 2. The molecule has 5 rings (SSSR count). The molecule has 134 valence electrons. The van der Waals surface area contributed by atoms with Gasteiger partial charge >= 0.3 is 0 Å². The van der Waals surface area contributed by atoms with Crippen molar-refractivity contribution in [1.29, 1.82) is 0 Å². The number of fused-ring (bicyclic) bond motifs is 5. The van der Waals surface area contributed by atoms with Crippen LogP contribution in [0.2, 0.25) is 0 Å². The Labute approximate surface area is 157 Å². The van der Waals surface area contributed by atoms with Crippen LogP contribution in [0.15, 0.2) is 57.6 Å². The number of aromatic nitrogens is 2. The van der Waals surface area contributed by atoms with Gasteiger partial charge in [-0.3, -0.25) is 0 Å². The lowest BCUT2D eigenvalue weighted by molar-refractivity contribution is -0.661. The molecule has 3 aromatic heterocycles. The fourth-order valence-electron chi connectivity index (χ4n) is 3.78. The van der Waals surface area contributed by atoms with Crippen LogP contribution in [0.4, 0.5) is 0 Å². The van der Waals surface area contributed by atoms with Gasteiger partial charge < -0.3 is 8.83 Å². The Morgan fingerprint density at radius 1 is 1.00 bits per heavy atom. The number of benzene rings is 2. The normalized spacial score (nSPS) is 12.0. The standard InChI is InChI=1S/C23H21N2O2/c1-13(2)18-12-25(4)19(11-24-18)16-10-21-17(9-14(16)3)22-15-7-5-6-8-20(15)26-23(22)27-21/h5-13H,1-4H3/q+1. The molecule has 4 heteroatoms. The quantitative estimate of drug-likeness (QED) is 0.383. The highest BCUT2D eigenvalue weighted by Gasteiger charge is 2.20. The van der Waals surface area contributed by atoms with Gasteiger partial charge in [-0.2, -0.15) is 4.57 Å². The summed E-state index contributed by atoms with van der Waals surface area (Å²) in [6.07, 6.45) is 4.05. The van der Waals surface area contributed by atoms with E-state index in [1.165, 1.54) is 5.56 Å². The van der Waals surface area contributed by atoms with Crippen LogP contribution in [-0.4, -0.2) is 4.98 Å². The van der Waals surface area contributed by atoms with Crippen LogP contribution in [0.3, 0.4) is 0 Å². The number of aryl methyl sites for hydroxylation is 2. The van der Waals surface area contributed by atoms with Crippen molar-refractivity contribution in [3.8, 4) is 11.3 Å². The summed E-state index contributed by atoms with van der Waals surface area (Å²) in [6, 6.07) is 12.3. The smallest absolute Gasteiger partial charge is 0.299 e. The van der Waals surface area contributed by atoms with E-state index in [1.807, 2.05) is 24.4 Å². The molecular weight excluding hydrogens is 336 g/mol. The van der Waals surface area contributed by atoms with Crippen LogP contribution < -0.4 is 4.57 Å². The Bertz CT molecular complexity index is 1320. The van der Waals surface area contributed by atoms with E-state index in [9.17, 15) is 0 Å². The van der Waals surface area contributed by atoms with E-state index in [0.717, 1.165) is 44.3 Å². The van der Waals surface area contributed by atoms with Gasteiger partial charge in [0.2, 0.25) is 5.69 Å². The summed E-state index contributed by atoms with van der Waals surface area (Å²) in [4.78, 5) is 4.64. The molecule has 0 bridgehead atoms. The van der Waals surface area contributed by atoms with Crippen LogP contribution in [0.5, 0.6) is 0 Å². The van der Waals surface area contributed by atoms with Gasteiger partial charge in [0.25, 0.3) is 5.78 Å². The molecule has 0 aliphatic rings. The highest BCUT2D eigenvalue weighted by Crippen LogP contribution is 2.39. The SMILES string of the molecule is Cc1cc2c(cc1-c1cnc(C(C)C)c[n+]1C)oc1oc3ccccc3c12. The third-order valence-corrected chi connectivity index (χ3v) is 5.27. The highest BCUT2D eigenvalue weighted by atomic mass is 16.5. The van der Waals surface area contributed by atoms with Crippen molar-refractivity contribution in [2.45, 2.75) is 26.7 Å². The summed E-state index contributed by atoms with van der Waals surface area (Å²) in [5, 5.41) is 3.23. The van der Waals surface area contributed by atoms with Gasteiger partial charge in [0.15, 0.2) is 6.20 Å². The summed E-state index contributed by atoms with van der Waals surface area (Å²) >= 11 is 0. The lowest BCUT2D eigenvalue weighted by atomic mass is 10.0. The molecule has 0 atom stereocenters. The molecule has 4 nitrogen and oxygen atoms in total. The average molecular weight is 357 g/mol. The van der Waals surface area contributed by atoms with E-state index in [0.29, 0.717) is 11.7 Å². The van der Waals surface area contributed by atoms with E-state index < -0.39 is 0 Å². The summed E-state index contributed by atoms with van der Waals surface area (Å²) in [5.41, 5.74) is 6.15. The first-order valence-electron chi connectivity index (χ1n) is 9.23. The molecule has 0 radical (unpaired) electrons. The lowest BCUT2D eigenvalue weighted by Gasteiger charge is -2.07. The topological polar surface area (TPSA) is 43.0 Å². The van der Waals surface area contributed by atoms with Gasteiger partial charge in [0.1, 0.15) is 23.9 Å². The number of hydrogen-bond donors (Lipinski definition) is 0. The second kappa shape index (κ2) is 5.68. The monoisotopic (exact) mass is 357 g/mol. The van der Waals surface area contributed by atoms with E-state index in [-0.39, 0.29) is 0 Å². The Balaban J connectivity index is 1.75. The molecule has 5 aromatic rings. The Morgan fingerprint density at radius 3 is 2.56 bits per heavy atom. The largest absolute Gasteiger partial charge is 0.425 e. The van der Waals surface area contributed by atoms with E-state index in [1.54, 1.807) is 0 Å². The first-order valence-corrected chi connectivity index (χ1v) is 9.23. The molecule has 0 saturated heterocycles. The van der Waals surface area contributed by atoms with Crippen LogP contribution in [0.25, 0.3) is 44.4 Å². The molecule has 0 N–H and O–H groups in total. The Kier molecular flexibility index (Phi) is 3.38. The molecular formula is C23H21N2O2+. The Hall–Kier alpha value is -3.14. The summed E-state index contributed by atoms with van der Waals surface area (Å²) < 4.78 is 14.1. The van der Waals surface area contributed by atoms with E-state index in [4.69, 9.17) is 8.83 Å². The minimum Gasteiger partial charge on any atom is -0.425 e. The molecule has 0 unspecified atom stereocenters. The molecule has 0 saturated carbocycles. The van der Waals surface area contributed by atoms with E-state index in [2.05, 4.69) is 61.8 Å². The zero-order valence-corrected chi connectivity index (χ0v) is 15.9. The number of hydrogen-bond acceptors (Lipinski definition) is 3. The van der Waals surface area contributed by atoms with Crippen molar-refractivity contribution >= 4 is 33.1 Å². The molecule has 0 aliphatic heterocycles. The van der Waals surface area contributed by atoms with Crippen molar-refractivity contribution in [3.05, 3.63) is 60.0 Å². The number of nitrogens with zero attached hydrogens (tertiary/aromatic N) is 2. The molecule has 27 heavy (non-hydrogen) atoms. The van der Waals surface area contributed by atoms with Gasteiger partial charge in [-0.15, -0.1) is 0 Å². The third-order valence-electron chi connectivity index (χ3n) is 5.27. The van der Waals surface area contributed by atoms with Gasteiger partial charge in [-0.25, -0.2) is 4.98 Å². The molecule has 0 amide bonds. The molecule has 0 aliphatic carbocycles. The fourth-order valence-corrected chi connectivity index (χ4v) is 3.78. The predicted molar refractivity (Wildman–Crippen MR) is 107 cm³/mol. The first kappa shape index (κ1) is 16.1. The number of rotatable bonds is 2. The maximum atomic E-state index is 6.06. The third kappa shape index (κ3) is 2.36. The summed E-state index contributed by atoms with van der Waals surface area (Å²) in [5.74, 6) is 0.986. The number of para-hydroxylation sites is 1. The van der Waals surface area contributed by atoms with Crippen LogP contribution in [-0.2, 0) is 7.05 Å².